The number of hydrogen-bond acceptors (Lipinski definition) is 4. The molecule has 0 spiro atoms. The zero-order chi connectivity index (χ0) is 18.8. The molecule has 27 heavy (non-hydrogen) atoms. The second-order valence-electron chi connectivity index (χ2n) is 7.21. The van der Waals surface area contributed by atoms with Crippen molar-refractivity contribution in [3.05, 3.63) is 59.4 Å². The zero-order valence-corrected chi connectivity index (χ0v) is 15.6. The van der Waals surface area contributed by atoms with Crippen LogP contribution < -0.4 is 4.90 Å². The van der Waals surface area contributed by atoms with Crippen molar-refractivity contribution in [2.45, 2.75) is 12.8 Å². The fraction of sp³-hybridized carbons (Fsp3) is 0.381. The molecular formula is C21H24N4O2. The van der Waals surface area contributed by atoms with E-state index in [1.54, 1.807) is 23.2 Å². The van der Waals surface area contributed by atoms with Crippen molar-refractivity contribution in [3.63, 3.8) is 0 Å². The molecule has 1 saturated heterocycles. The van der Waals surface area contributed by atoms with Crippen molar-refractivity contribution in [1.29, 1.82) is 0 Å². The number of nitrogens with zero attached hydrogens (tertiary/aromatic N) is 4. The van der Waals surface area contributed by atoms with Gasteiger partial charge in [-0.1, -0.05) is 18.2 Å². The highest BCUT2D eigenvalue weighted by atomic mass is 16.2. The predicted molar refractivity (Wildman–Crippen MR) is 104 cm³/mol. The Labute approximate surface area is 159 Å². The molecule has 0 aliphatic carbocycles. The average Bonchev–Trinajstić information content (AvgIpc) is 2.73. The number of carbonyl (C=O) groups is 2. The largest absolute Gasteiger partial charge is 0.336 e. The summed E-state index contributed by atoms with van der Waals surface area (Å²) in [6.45, 7) is 3.83. The summed E-state index contributed by atoms with van der Waals surface area (Å²) in [5, 5.41) is 0. The molecule has 4 rings (SSSR count). The van der Waals surface area contributed by atoms with Gasteiger partial charge in [-0.25, -0.2) is 0 Å². The highest BCUT2D eigenvalue weighted by Crippen LogP contribution is 2.28. The number of fused-ring (bicyclic) bond motifs is 1. The van der Waals surface area contributed by atoms with Gasteiger partial charge in [0.05, 0.1) is 0 Å². The minimum Gasteiger partial charge on any atom is -0.336 e. The summed E-state index contributed by atoms with van der Waals surface area (Å²) in [4.78, 5) is 36.0. The average molecular weight is 364 g/mol. The molecule has 140 valence electrons. The van der Waals surface area contributed by atoms with Crippen molar-refractivity contribution < 1.29 is 9.59 Å². The molecule has 6 nitrogen and oxygen atoms in total. The van der Waals surface area contributed by atoms with Crippen molar-refractivity contribution in [3.8, 4) is 0 Å². The van der Waals surface area contributed by atoms with Gasteiger partial charge >= 0.3 is 0 Å². The minimum atomic E-state index is -0.143. The lowest BCUT2D eigenvalue weighted by atomic mass is 10.0. The van der Waals surface area contributed by atoms with Gasteiger partial charge in [-0.05, 0) is 43.7 Å². The molecule has 2 aromatic rings. The van der Waals surface area contributed by atoms with E-state index in [9.17, 15) is 9.59 Å². The number of amides is 2. The molecule has 0 saturated carbocycles. The van der Waals surface area contributed by atoms with E-state index < -0.39 is 0 Å². The molecule has 0 bridgehead atoms. The molecule has 2 aliphatic heterocycles. The first kappa shape index (κ1) is 17.7. The Balaban J connectivity index is 1.56. The minimum absolute atomic E-state index is 0.0291. The van der Waals surface area contributed by atoms with Crippen LogP contribution in [0.4, 0.5) is 5.69 Å². The van der Waals surface area contributed by atoms with Gasteiger partial charge in [0.1, 0.15) is 5.69 Å². The van der Waals surface area contributed by atoms with Gasteiger partial charge in [0.25, 0.3) is 11.8 Å². The lowest BCUT2D eigenvalue weighted by Gasteiger charge is -2.32. The number of hydrogen-bond donors (Lipinski definition) is 0. The van der Waals surface area contributed by atoms with Gasteiger partial charge in [0.15, 0.2) is 0 Å². The van der Waals surface area contributed by atoms with Crippen LogP contribution in [0, 0.1) is 0 Å². The number of pyridine rings is 1. The van der Waals surface area contributed by atoms with Crippen LogP contribution in [-0.2, 0) is 6.42 Å². The van der Waals surface area contributed by atoms with Crippen LogP contribution in [0.1, 0.15) is 32.8 Å². The van der Waals surface area contributed by atoms with E-state index in [0.717, 1.165) is 31.6 Å². The molecule has 3 heterocycles. The van der Waals surface area contributed by atoms with E-state index in [0.29, 0.717) is 30.9 Å². The van der Waals surface area contributed by atoms with Gasteiger partial charge in [-0.3, -0.25) is 14.6 Å². The van der Waals surface area contributed by atoms with E-state index in [1.165, 1.54) is 5.56 Å². The van der Waals surface area contributed by atoms with Crippen molar-refractivity contribution in [2.24, 2.45) is 0 Å². The molecular weight excluding hydrogens is 340 g/mol. The van der Waals surface area contributed by atoms with Crippen molar-refractivity contribution >= 4 is 17.5 Å². The Hall–Kier alpha value is -2.73. The summed E-state index contributed by atoms with van der Waals surface area (Å²) in [6.07, 6.45) is 3.48. The summed E-state index contributed by atoms with van der Waals surface area (Å²) in [5.74, 6) is -0.172. The lowest BCUT2D eigenvalue weighted by molar-refractivity contribution is 0.0664. The van der Waals surface area contributed by atoms with Crippen LogP contribution in [0.25, 0.3) is 0 Å². The first-order chi connectivity index (χ1) is 13.1. The number of likely N-dealkylation sites (N-methyl/N-ethyl adjacent to an activating group) is 1. The molecule has 0 N–H and O–H groups in total. The van der Waals surface area contributed by atoms with E-state index in [1.807, 2.05) is 23.1 Å². The summed E-state index contributed by atoms with van der Waals surface area (Å²) >= 11 is 0. The molecule has 1 fully saturated rings. The topological polar surface area (TPSA) is 56.8 Å². The van der Waals surface area contributed by atoms with Gasteiger partial charge < -0.3 is 14.7 Å². The molecule has 0 atom stereocenters. The summed E-state index contributed by atoms with van der Waals surface area (Å²) in [7, 11) is 2.06. The van der Waals surface area contributed by atoms with Gasteiger partial charge in [-0.15, -0.1) is 0 Å². The van der Waals surface area contributed by atoms with E-state index >= 15 is 0 Å². The van der Waals surface area contributed by atoms with Gasteiger partial charge in [0.2, 0.25) is 0 Å². The van der Waals surface area contributed by atoms with Crippen LogP contribution >= 0.6 is 0 Å². The zero-order valence-electron chi connectivity index (χ0n) is 15.6. The second-order valence-corrected chi connectivity index (χ2v) is 7.21. The number of rotatable bonds is 2. The van der Waals surface area contributed by atoms with Gasteiger partial charge in [-0.2, -0.15) is 0 Å². The SMILES string of the molecule is CN1CCN(C(=O)c2ccnc(C(=O)N3CCCc4ccccc43)c2)CC1. The predicted octanol–water partition coefficient (Wildman–Crippen LogP) is 2.06. The van der Waals surface area contributed by atoms with Crippen LogP contribution in [0.2, 0.25) is 0 Å². The van der Waals surface area contributed by atoms with Crippen molar-refractivity contribution in [2.75, 3.05) is 44.7 Å². The Morgan fingerprint density at radius 3 is 2.56 bits per heavy atom. The van der Waals surface area contributed by atoms with Crippen LogP contribution in [0.3, 0.4) is 0 Å². The third kappa shape index (κ3) is 3.57. The lowest BCUT2D eigenvalue weighted by Crippen LogP contribution is -2.47. The highest BCUT2D eigenvalue weighted by molar-refractivity contribution is 6.07. The molecule has 2 amide bonds. The van der Waals surface area contributed by atoms with Crippen molar-refractivity contribution in [1.82, 2.24) is 14.8 Å². The maximum atomic E-state index is 13.1. The van der Waals surface area contributed by atoms with Crippen LogP contribution in [0.5, 0.6) is 0 Å². The number of aromatic nitrogens is 1. The molecule has 1 aromatic heterocycles. The summed E-state index contributed by atoms with van der Waals surface area (Å²) < 4.78 is 0. The Morgan fingerprint density at radius 2 is 1.74 bits per heavy atom. The Bertz CT molecular complexity index is 859. The van der Waals surface area contributed by atoms with E-state index in [-0.39, 0.29) is 11.8 Å². The molecule has 1 aromatic carbocycles. The summed E-state index contributed by atoms with van der Waals surface area (Å²) in [6, 6.07) is 11.3. The Kier molecular flexibility index (Phi) is 4.90. The number of benzene rings is 1. The third-order valence-electron chi connectivity index (χ3n) is 5.37. The molecule has 0 radical (unpaired) electrons. The number of anilines is 1. The highest BCUT2D eigenvalue weighted by Gasteiger charge is 2.26. The normalized spacial score (nSPS) is 17.5. The monoisotopic (exact) mass is 364 g/mol. The maximum absolute atomic E-state index is 13.1. The molecule has 6 heteroatoms. The quantitative estimate of drug-likeness (QED) is 0.819. The number of para-hydroxylation sites is 1. The smallest absolute Gasteiger partial charge is 0.276 e. The van der Waals surface area contributed by atoms with Gasteiger partial charge in [0, 0.05) is 50.2 Å². The third-order valence-corrected chi connectivity index (χ3v) is 5.37. The summed E-state index contributed by atoms with van der Waals surface area (Å²) in [5.41, 5.74) is 2.99. The second kappa shape index (κ2) is 7.48. The first-order valence-corrected chi connectivity index (χ1v) is 9.47. The first-order valence-electron chi connectivity index (χ1n) is 9.47. The van der Waals surface area contributed by atoms with Crippen LogP contribution in [0.15, 0.2) is 42.6 Å². The number of aryl methyl sites for hydroxylation is 1. The molecule has 2 aliphatic rings. The number of piperazine rings is 1. The maximum Gasteiger partial charge on any atom is 0.276 e. The Morgan fingerprint density at radius 1 is 0.963 bits per heavy atom. The fourth-order valence-electron chi connectivity index (χ4n) is 3.76. The van der Waals surface area contributed by atoms with E-state index in [2.05, 4.69) is 23.0 Å². The molecule has 0 unspecified atom stereocenters. The number of carbonyl (C=O) groups excluding carboxylic acids is 2. The fourth-order valence-corrected chi connectivity index (χ4v) is 3.76. The standard InChI is InChI=1S/C21H24N4O2/c1-23-11-13-24(14-12-23)20(26)17-8-9-22-18(15-17)21(27)25-10-4-6-16-5-2-3-7-19(16)25/h2-3,5,7-9,15H,4,6,10-14H2,1H3. The van der Waals surface area contributed by atoms with E-state index in [4.69, 9.17) is 0 Å². The van der Waals surface area contributed by atoms with Crippen LogP contribution in [-0.4, -0.2) is 66.4 Å².